The second-order valence-corrected chi connectivity index (χ2v) is 8.60. The molecule has 170 valence electrons. The van der Waals surface area contributed by atoms with E-state index in [0.717, 1.165) is 10.8 Å². The molecule has 0 atom stereocenters. The monoisotopic (exact) mass is 475 g/mol. The van der Waals surface area contributed by atoms with Crippen molar-refractivity contribution in [3.63, 3.8) is 0 Å². The third-order valence-corrected chi connectivity index (χ3v) is 6.07. The molecular weight excluding hydrogens is 458 g/mol. The van der Waals surface area contributed by atoms with E-state index in [4.69, 9.17) is 4.18 Å². The predicted molar refractivity (Wildman–Crippen MR) is 126 cm³/mol. The Labute approximate surface area is 194 Å². The Hall–Kier alpha value is -4.57. The summed E-state index contributed by atoms with van der Waals surface area (Å²) >= 11 is 0. The number of nitrogens with zero attached hydrogens (tertiary/aromatic N) is 2. The third-order valence-electron chi connectivity index (χ3n) is 4.84. The number of carbonyl (C=O) groups is 1. The number of rotatable bonds is 7. The van der Waals surface area contributed by atoms with Crippen molar-refractivity contribution >= 4 is 38.7 Å². The summed E-state index contributed by atoms with van der Waals surface area (Å²) in [7, 11) is -4.15. The normalized spacial score (nSPS) is 11.4. The molecule has 0 saturated heterocycles. The first-order chi connectivity index (χ1) is 16.3. The van der Waals surface area contributed by atoms with Crippen LogP contribution in [0.4, 0.5) is 5.69 Å². The molecule has 1 amide bonds. The molecule has 0 fully saturated rings. The first kappa shape index (κ1) is 22.6. The van der Waals surface area contributed by atoms with Crippen LogP contribution >= 0.6 is 0 Å². The molecule has 1 N–H and O–H groups in total. The minimum absolute atomic E-state index is 0.000603. The maximum Gasteiger partial charge on any atom is 0.339 e. The zero-order valence-electron chi connectivity index (χ0n) is 17.5. The summed E-state index contributed by atoms with van der Waals surface area (Å²) in [5.41, 5.74) is 1.96. The Bertz CT molecular complexity index is 1530. The van der Waals surface area contributed by atoms with Gasteiger partial charge in [0.05, 0.1) is 11.1 Å². The molecule has 0 unspecified atom stereocenters. The van der Waals surface area contributed by atoms with E-state index in [0.29, 0.717) is 0 Å². The minimum Gasteiger partial charge on any atom is -0.378 e. The highest BCUT2D eigenvalue weighted by Crippen LogP contribution is 2.24. The van der Waals surface area contributed by atoms with Crippen LogP contribution in [0.15, 0.2) is 101 Å². The fraction of sp³-hybridized carbons (Fsp3) is 0. The van der Waals surface area contributed by atoms with E-state index in [1.807, 2.05) is 18.2 Å². The van der Waals surface area contributed by atoms with Gasteiger partial charge in [-0.1, -0.05) is 54.6 Å². The van der Waals surface area contributed by atoms with Crippen molar-refractivity contribution in [2.75, 3.05) is 0 Å². The van der Waals surface area contributed by atoms with E-state index in [1.165, 1.54) is 48.7 Å². The van der Waals surface area contributed by atoms with Gasteiger partial charge in [-0.3, -0.25) is 14.9 Å². The molecule has 34 heavy (non-hydrogen) atoms. The number of amides is 1. The Morgan fingerprint density at radius 2 is 1.59 bits per heavy atom. The van der Waals surface area contributed by atoms with Crippen LogP contribution in [0.1, 0.15) is 15.9 Å². The quantitative estimate of drug-likeness (QED) is 0.184. The van der Waals surface area contributed by atoms with E-state index >= 15 is 0 Å². The van der Waals surface area contributed by atoms with Crippen LogP contribution in [0.5, 0.6) is 5.75 Å². The number of nitrogens with one attached hydrogen (secondary N) is 1. The number of nitro benzene ring substituents is 1. The molecule has 0 aliphatic rings. The fourth-order valence-electron chi connectivity index (χ4n) is 3.20. The van der Waals surface area contributed by atoms with Gasteiger partial charge in [-0.2, -0.15) is 13.5 Å². The minimum atomic E-state index is -4.15. The van der Waals surface area contributed by atoms with Crippen LogP contribution < -0.4 is 9.61 Å². The van der Waals surface area contributed by atoms with Crippen molar-refractivity contribution in [3.8, 4) is 5.75 Å². The number of hydrogen-bond acceptors (Lipinski definition) is 7. The Morgan fingerprint density at radius 3 is 2.38 bits per heavy atom. The molecule has 0 radical (unpaired) electrons. The Kier molecular flexibility index (Phi) is 6.33. The van der Waals surface area contributed by atoms with E-state index in [9.17, 15) is 23.3 Å². The summed E-state index contributed by atoms with van der Waals surface area (Å²) in [6.07, 6.45) is 1.19. The van der Waals surface area contributed by atoms with Gasteiger partial charge >= 0.3 is 10.1 Å². The van der Waals surface area contributed by atoms with Crippen molar-refractivity contribution in [3.05, 3.63) is 112 Å². The van der Waals surface area contributed by atoms with Crippen molar-refractivity contribution in [2.24, 2.45) is 5.10 Å². The molecule has 4 aromatic rings. The number of hydrazone groups is 1. The van der Waals surface area contributed by atoms with E-state index in [2.05, 4.69) is 10.5 Å². The molecule has 0 spiro atoms. The van der Waals surface area contributed by atoms with Gasteiger partial charge in [0, 0.05) is 11.6 Å². The summed E-state index contributed by atoms with van der Waals surface area (Å²) in [6, 6.07) is 23.7. The number of nitro groups is 1. The molecule has 0 saturated carbocycles. The Balaban J connectivity index is 1.54. The smallest absolute Gasteiger partial charge is 0.339 e. The number of carbonyl (C=O) groups excluding carboxylic acids is 1. The first-order valence-electron chi connectivity index (χ1n) is 9.94. The molecule has 4 rings (SSSR count). The van der Waals surface area contributed by atoms with Gasteiger partial charge in [-0.05, 0) is 41.1 Å². The summed E-state index contributed by atoms with van der Waals surface area (Å²) < 4.78 is 31.1. The zero-order valence-corrected chi connectivity index (χ0v) is 18.3. The van der Waals surface area contributed by atoms with Crippen molar-refractivity contribution in [1.82, 2.24) is 5.43 Å². The van der Waals surface area contributed by atoms with Crippen LogP contribution in [-0.2, 0) is 10.1 Å². The summed E-state index contributed by atoms with van der Waals surface area (Å²) in [5, 5.41) is 16.5. The second-order valence-electron chi connectivity index (χ2n) is 7.06. The molecular formula is C24H17N3O6S. The van der Waals surface area contributed by atoms with Crippen molar-refractivity contribution in [1.29, 1.82) is 0 Å². The maximum atomic E-state index is 12.9. The van der Waals surface area contributed by atoms with E-state index in [1.54, 1.807) is 30.3 Å². The van der Waals surface area contributed by atoms with Gasteiger partial charge in [0.2, 0.25) is 0 Å². The lowest BCUT2D eigenvalue weighted by Crippen LogP contribution is -2.19. The molecule has 0 heterocycles. The largest absolute Gasteiger partial charge is 0.378 e. The van der Waals surface area contributed by atoms with Crippen LogP contribution in [0.2, 0.25) is 0 Å². The molecule has 4 aromatic carbocycles. The lowest BCUT2D eigenvalue weighted by Gasteiger charge is -2.10. The van der Waals surface area contributed by atoms with Crippen LogP contribution in [0.25, 0.3) is 10.8 Å². The first-order valence-corrected chi connectivity index (χ1v) is 11.3. The molecule has 0 aromatic heterocycles. The molecule has 0 bridgehead atoms. The maximum absolute atomic E-state index is 12.9. The zero-order chi connectivity index (χ0) is 24.1. The van der Waals surface area contributed by atoms with E-state index < -0.39 is 20.9 Å². The summed E-state index contributed by atoms with van der Waals surface area (Å²) in [6.45, 7) is 0. The molecule has 9 nitrogen and oxygen atoms in total. The predicted octanol–water partition coefficient (Wildman–Crippen LogP) is 4.28. The van der Waals surface area contributed by atoms with Crippen LogP contribution in [0, 0.1) is 10.1 Å². The topological polar surface area (TPSA) is 128 Å². The lowest BCUT2D eigenvalue weighted by atomic mass is 10.1. The third kappa shape index (κ3) is 4.92. The fourth-order valence-corrected chi connectivity index (χ4v) is 4.19. The standard InChI is InChI=1S/C24H17N3O6S/c28-24(21-10-4-5-11-22(21)27(29)30)26-25-16-19-9-3-6-12-23(19)33-34(31,32)20-14-13-17-7-1-2-8-18(17)15-20/h1-16H,(H,26,28)/b25-16-. The second kappa shape index (κ2) is 9.51. The van der Waals surface area contributed by atoms with Gasteiger partial charge in [-0.15, -0.1) is 0 Å². The molecule has 10 heteroatoms. The number of fused-ring (bicyclic) bond motifs is 1. The van der Waals surface area contributed by atoms with Crippen LogP contribution in [0.3, 0.4) is 0 Å². The van der Waals surface area contributed by atoms with Gasteiger partial charge in [0.25, 0.3) is 11.6 Å². The highest BCUT2D eigenvalue weighted by Gasteiger charge is 2.20. The molecule has 0 aliphatic heterocycles. The highest BCUT2D eigenvalue weighted by molar-refractivity contribution is 7.87. The number of hydrogen-bond donors (Lipinski definition) is 1. The Morgan fingerprint density at radius 1 is 0.912 bits per heavy atom. The SMILES string of the molecule is O=C(N/N=C\c1ccccc1OS(=O)(=O)c1ccc2ccccc2c1)c1ccccc1[N+](=O)[O-]. The van der Waals surface area contributed by atoms with Gasteiger partial charge < -0.3 is 4.18 Å². The number of para-hydroxylation sites is 2. The lowest BCUT2D eigenvalue weighted by molar-refractivity contribution is -0.385. The van der Waals surface area contributed by atoms with Crippen molar-refractivity contribution in [2.45, 2.75) is 4.90 Å². The number of benzene rings is 4. The van der Waals surface area contributed by atoms with E-state index in [-0.39, 0.29) is 27.5 Å². The van der Waals surface area contributed by atoms with Crippen LogP contribution in [-0.4, -0.2) is 25.5 Å². The van der Waals surface area contributed by atoms with Crippen molar-refractivity contribution < 1.29 is 22.3 Å². The summed E-state index contributed by atoms with van der Waals surface area (Å²) in [4.78, 5) is 22.7. The summed E-state index contributed by atoms with van der Waals surface area (Å²) in [5.74, 6) is -0.787. The van der Waals surface area contributed by atoms with Gasteiger partial charge in [-0.25, -0.2) is 5.43 Å². The molecule has 0 aliphatic carbocycles. The average Bonchev–Trinajstić information content (AvgIpc) is 2.84. The van der Waals surface area contributed by atoms with Gasteiger partial charge in [0.15, 0.2) is 5.75 Å². The highest BCUT2D eigenvalue weighted by atomic mass is 32.2. The van der Waals surface area contributed by atoms with Gasteiger partial charge in [0.1, 0.15) is 10.5 Å². The average molecular weight is 475 g/mol.